The molecule has 29 heavy (non-hydrogen) atoms. The van der Waals surface area contributed by atoms with E-state index in [2.05, 4.69) is 5.32 Å². The van der Waals surface area contributed by atoms with E-state index in [4.69, 9.17) is 30.2 Å². The number of carbonyl (C=O) groups is 1. The molecule has 3 aromatic carbocycles. The maximum Gasteiger partial charge on any atom is 0.262 e. The molecule has 0 fully saturated rings. The van der Waals surface area contributed by atoms with Crippen molar-refractivity contribution in [3.05, 3.63) is 59.6 Å². The van der Waals surface area contributed by atoms with E-state index in [0.29, 0.717) is 28.0 Å². The fourth-order valence-electron chi connectivity index (χ4n) is 3.09. The van der Waals surface area contributed by atoms with Gasteiger partial charge in [-0.3, -0.25) is 4.79 Å². The van der Waals surface area contributed by atoms with Crippen LogP contribution in [0.4, 0.5) is 5.69 Å². The van der Waals surface area contributed by atoms with Crippen molar-refractivity contribution in [1.82, 2.24) is 0 Å². The molecule has 0 bridgehead atoms. The lowest BCUT2D eigenvalue weighted by Crippen LogP contribution is -2.20. The molecule has 1 amide bonds. The minimum absolute atomic E-state index is 0.173. The number of furan rings is 1. The van der Waals surface area contributed by atoms with E-state index in [1.54, 1.807) is 18.2 Å². The predicted molar refractivity (Wildman–Crippen MR) is 112 cm³/mol. The summed E-state index contributed by atoms with van der Waals surface area (Å²) in [5, 5.41) is 5.03. The first kappa shape index (κ1) is 19.0. The largest absolute Gasteiger partial charge is 0.495 e. The topological polar surface area (TPSA) is 69.9 Å². The lowest BCUT2D eigenvalue weighted by atomic mass is 10.1. The molecule has 0 atom stereocenters. The summed E-state index contributed by atoms with van der Waals surface area (Å²) < 4.78 is 21.9. The van der Waals surface area contributed by atoms with Gasteiger partial charge in [-0.1, -0.05) is 29.8 Å². The van der Waals surface area contributed by atoms with Crippen LogP contribution in [0.3, 0.4) is 0 Å². The number of anilines is 1. The number of halogens is 1. The van der Waals surface area contributed by atoms with E-state index in [-0.39, 0.29) is 12.5 Å². The molecular formula is C22H18ClNO5. The standard InChI is InChI=1S/C22H18ClNO5/c1-26-20-11-21(27-2)17(10-16(20)23)24-22(25)12-28-13-7-8-19-15(9-13)14-5-3-4-6-18(14)29-19/h3-11H,12H2,1-2H3,(H,24,25). The third-order valence-corrected chi connectivity index (χ3v) is 4.76. The van der Waals surface area contributed by atoms with Gasteiger partial charge in [-0.15, -0.1) is 0 Å². The van der Waals surface area contributed by atoms with Crippen LogP contribution in [0.5, 0.6) is 17.2 Å². The van der Waals surface area contributed by atoms with Gasteiger partial charge in [-0.05, 0) is 30.3 Å². The van der Waals surface area contributed by atoms with Crippen molar-refractivity contribution < 1.29 is 23.4 Å². The number of rotatable bonds is 6. The SMILES string of the molecule is COc1cc(OC)c(NC(=O)COc2ccc3oc4ccccc4c3c2)cc1Cl. The molecule has 7 heteroatoms. The first-order chi connectivity index (χ1) is 14.1. The van der Waals surface area contributed by atoms with Gasteiger partial charge < -0.3 is 23.9 Å². The Bertz CT molecular complexity index is 1200. The lowest BCUT2D eigenvalue weighted by Gasteiger charge is -2.13. The van der Waals surface area contributed by atoms with E-state index in [0.717, 1.165) is 21.9 Å². The Morgan fingerprint density at radius 2 is 1.72 bits per heavy atom. The highest BCUT2D eigenvalue weighted by Crippen LogP contribution is 2.36. The van der Waals surface area contributed by atoms with Crippen molar-refractivity contribution in [2.24, 2.45) is 0 Å². The smallest absolute Gasteiger partial charge is 0.262 e. The molecule has 0 aliphatic carbocycles. The summed E-state index contributed by atoms with van der Waals surface area (Å²) in [5.74, 6) is 1.12. The molecule has 148 valence electrons. The van der Waals surface area contributed by atoms with Gasteiger partial charge in [0.25, 0.3) is 5.91 Å². The highest BCUT2D eigenvalue weighted by molar-refractivity contribution is 6.32. The number of hydrogen-bond donors (Lipinski definition) is 1. The molecule has 0 unspecified atom stereocenters. The van der Waals surface area contributed by atoms with Crippen LogP contribution in [-0.4, -0.2) is 26.7 Å². The zero-order chi connectivity index (χ0) is 20.4. The molecular weight excluding hydrogens is 394 g/mol. The monoisotopic (exact) mass is 411 g/mol. The Hall–Kier alpha value is -3.38. The number of fused-ring (bicyclic) bond motifs is 3. The van der Waals surface area contributed by atoms with Gasteiger partial charge in [-0.25, -0.2) is 0 Å². The second kappa shape index (κ2) is 7.93. The molecule has 0 aliphatic heterocycles. The Morgan fingerprint density at radius 3 is 2.52 bits per heavy atom. The van der Waals surface area contributed by atoms with Crippen molar-refractivity contribution in [3.8, 4) is 17.2 Å². The van der Waals surface area contributed by atoms with Crippen molar-refractivity contribution >= 4 is 45.1 Å². The van der Waals surface area contributed by atoms with E-state index in [9.17, 15) is 4.79 Å². The molecule has 4 aromatic rings. The summed E-state index contributed by atoms with van der Waals surface area (Å²) in [5.41, 5.74) is 2.00. The average Bonchev–Trinajstić information content (AvgIpc) is 3.10. The Kier molecular flexibility index (Phi) is 5.18. The maximum atomic E-state index is 12.4. The van der Waals surface area contributed by atoms with Crippen molar-refractivity contribution in [2.45, 2.75) is 0 Å². The molecule has 1 heterocycles. The van der Waals surface area contributed by atoms with Gasteiger partial charge in [0.2, 0.25) is 0 Å². The Labute approximate surface area is 171 Å². The molecule has 0 spiro atoms. The summed E-state index contributed by atoms with van der Waals surface area (Å²) in [6.45, 7) is -0.173. The fourth-order valence-corrected chi connectivity index (χ4v) is 3.33. The molecule has 1 N–H and O–H groups in total. The molecule has 0 saturated carbocycles. The summed E-state index contributed by atoms with van der Waals surface area (Å²) in [7, 11) is 3.01. The Morgan fingerprint density at radius 1 is 0.966 bits per heavy atom. The van der Waals surface area contributed by atoms with Crippen molar-refractivity contribution in [3.63, 3.8) is 0 Å². The number of methoxy groups -OCH3 is 2. The van der Waals surface area contributed by atoms with Crippen LogP contribution in [0.15, 0.2) is 59.0 Å². The minimum Gasteiger partial charge on any atom is -0.495 e. The minimum atomic E-state index is -0.346. The molecule has 0 aliphatic rings. The number of carbonyl (C=O) groups excluding carboxylic acids is 1. The van der Waals surface area contributed by atoms with Crippen molar-refractivity contribution in [2.75, 3.05) is 26.1 Å². The molecule has 1 aromatic heterocycles. The van der Waals surface area contributed by atoms with Crippen molar-refractivity contribution in [1.29, 1.82) is 0 Å². The van der Waals surface area contributed by atoms with Gasteiger partial charge in [0.1, 0.15) is 28.4 Å². The van der Waals surface area contributed by atoms with Gasteiger partial charge in [0.15, 0.2) is 6.61 Å². The summed E-state index contributed by atoms with van der Waals surface area (Å²) in [6, 6.07) is 16.4. The molecule has 4 rings (SSSR count). The van der Waals surface area contributed by atoms with Crippen LogP contribution in [0, 0.1) is 0 Å². The third kappa shape index (κ3) is 3.79. The number of para-hydroxylation sites is 1. The maximum absolute atomic E-state index is 12.4. The molecule has 6 nitrogen and oxygen atoms in total. The zero-order valence-electron chi connectivity index (χ0n) is 15.8. The number of nitrogens with one attached hydrogen (secondary N) is 1. The first-order valence-corrected chi connectivity index (χ1v) is 9.22. The Balaban J connectivity index is 1.48. The number of hydrogen-bond acceptors (Lipinski definition) is 5. The van der Waals surface area contributed by atoms with Gasteiger partial charge in [0, 0.05) is 16.8 Å². The molecule has 0 radical (unpaired) electrons. The van der Waals surface area contributed by atoms with Crippen LogP contribution in [0.1, 0.15) is 0 Å². The number of ether oxygens (including phenoxy) is 3. The van der Waals surface area contributed by atoms with Crippen LogP contribution < -0.4 is 19.5 Å². The van der Waals surface area contributed by atoms with Crippen LogP contribution in [-0.2, 0) is 4.79 Å². The highest BCUT2D eigenvalue weighted by Gasteiger charge is 2.13. The quantitative estimate of drug-likeness (QED) is 0.467. The van der Waals surface area contributed by atoms with Crippen LogP contribution in [0.25, 0.3) is 21.9 Å². The van der Waals surface area contributed by atoms with Crippen LogP contribution >= 0.6 is 11.6 Å². The van der Waals surface area contributed by atoms with E-state index in [1.165, 1.54) is 14.2 Å². The summed E-state index contributed by atoms with van der Waals surface area (Å²) in [4.78, 5) is 12.4. The van der Waals surface area contributed by atoms with E-state index in [1.807, 2.05) is 36.4 Å². The fraction of sp³-hybridized carbons (Fsp3) is 0.136. The van der Waals surface area contributed by atoms with Crippen LogP contribution in [0.2, 0.25) is 5.02 Å². The van der Waals surface area contributed by atoms with Gasteiger partial charge in [0.05, 0.1) is 24.9 Å². The number of amides is 1. The molecule has 0 saturated heterocycles. The second-order valence-electron chi connectivity index (χ2n) is 6.28. The zero-order valence-corrected chi connectivity index (χ0v) is 16.6. The second-order valence-corrected chi connectivity index (χ2v) is 6.69. The lowest BCUT2D eigenvalue weighted by molar-refractivity contribution is -0.118. The third-order valence-electron chi connectivity index (χ3n) is 4.47. The average molecular weight is 412 g/mol. The first-order valence-electron chi connectivity index (χ1n) is 8.84. The van der Waals surface area contributed by atoms with Gasteiger partial charge >= 0.3 is 0 Å². The number of benzene rings is 3. The van der Waals surface area contributed by atoms with Gasteiger partial charge in [-0.2, -0.15) is 0 Å². The summed E-state index contributed by atoms with van der Waals surface area (Å²) in [6.07, 6.45) is 0. The normalized spacial score (nSPS) is 10.9. The summed E-state index contributed by atoms with van der Waals surface area (Å²) >= 11 is 6.14. The predicted octanol–water partition coefficient (Wildman–Crippen LogP) is 5.27. The van der Waals surface area contributed by atoms with E-state index < -0.39 is 0 Å². The highest BCUT2D eigenvalue weighted by atomic mass is 35.5. The van der Waals surface area contributed by atoms with E-state index >= 15 is 0 Å².